The zero-order chi connectivity index (χ0) is 11.0. The van der Waals surface area contributed by atoms with Crippen molar-refractivity contribution in [2.75, 3.05) is 14.2 Å². The molecular weight excluding hydrogens is 200 g/mol. The van der Waals surface area contributed by atoms with Gasteiger partial charge in [0, 0.05) is 13.1 Å². The summed E-state index contributed by atoms with van der Waals surface area (Å²) in [5, 5.41) is 5.65. The fourth-order valence-corrected chi connectivity index (χ4v) is 1.32. The summed E-state index contributed by atoms with van der Waals surface area (Å²) in [5.74, 6) is -0.409. The van der Waals surface area contributed by atoms with E-state index in [1.54, 1.807) is 18.3 Å². The monoisotopic (exact) mass is 210 g/mol. The zero-order valence-corrected chi connectivity index (χ0v) is 8.27. The van der Waals surface area contributed by atoms with Crippen LogP contribution in [-0.4, -0.2) is 36.1 Å². The van der Waals surface area contributed by atoms with E-state index in [0.717, 1.165) is 0 Å². The number of nitrogens with zero attached hydrogens (tertiary/aromatic N) is 2. The SMILES string of the molecule is COC(=O)C1=CC(=O)N2NN(C)C=C2N1. The van der Waals surface area contributed by atoms with Crippen molar-refractivity contribution in [3.63, 3.8) is 0 Å². The molecule has 0 unspecified atom stereocenters. The van der Waals surface area contributed by atoms with Crippen LogP contribution in [0.4, 0.5) is 0 Å². The highest BCUT2D eigenvalue weighted by Gasteiger charge is 2.30. The van der Waals surface area contributed by atoms with E-state index in [9.17, 15) is 9.59 Å². The van der Waals surface area contributed by atoms with Crippen LogP contribution in [0.3, 0.4) is 0 Å². The number of methoxy groups -OCH3 is 1. The molecule has 2 heterocycles. The Morgan fingerprint density at radius 3 is 2.93 bits per heavy atom. The highest BCUT2D eigenvalue weighted by molar-refractivity contribution is 6.00. The van der Waals surface area contributed by atoms with E-state index >= 15 is 0 Å². The van der Waals surface area contributed by atoms with Gasteiger partial charge in [0.25, 0.3) is 5.91 Å². The minimum absolute atomic E-state index is 0.127. The maximum Gasteiger partial charge on any atom is 0.354 e. The smallest absolute Gasteiger partial charge is 0.354 e. The summed E-state index contributed by atoms with van der Waals surface area (Å²) in [7, 11) is 2.99. The first-order chi connectivity index (χ1) is 7.11. The van der Waals surface area contributed by atoms with Crippen LogP contribution in [-0.2, 0) is 14.3 Å². The fourth-order valence-electron chi connectivity index (χ4n) is 1.32. The van der Waals surface area contributed by atoms with Crippen molar-refractivity contribution in [1.29, 1.82) is 0 Å². The van der Waals surface area contributed by atoms with Crippen molar-refractivity contribution < 1.29 is 14.3 Å². The van der Waals surface area contributed by atoms with Gasteiger partial charge in [-0.3, -0.25) is 9.80 Å². The van der Waals surface area contributed by atoms with Crippen LogP contribution in [0.2, 0.25) is 0 Å². The average Bonchev–Trinajstić information content (AvgIpc) is 2.58. The molecule has 2 aliphatic rings. The van der Waals surface area contributed by atoms with Gasteiger partial charge >= 0.3 is 5.97 Å². The second kappa shape index (κ2) is 3.28. The van der Waals surface area contributed by atoms with Gasteiger partial charge in [-0.25, -0.2) is 9.80 Å². The Hall–Kier alpha value is -2.02. The number of hydrogen-bond acceptors (Lipinski definition) is 6. The number of hydrogen-bond donors (Lipinski definition) is 2. The summed E-state index contributed by atoms with van der Waals surface area (Å²) >= 11 is 0. The number of ether oxygens (including phenoxy) is 1. The highest BCUT2D eigenvalue weighted by Crippen LogP contribution is 2.15. The van der Waals surface area contributed by atoms with Crippen LogP contribution in [0, 0.1) is 0 Å². The molecule has 2 rings (SSSR count). The Bertz CT molecular complexity index is 387. The topological polar surface area (TPSA) is 73.9 Å². The fraction of sp³-hybridized carbons (Fsp3) is 0.250. The number of amides is 1. The molecule has 7 nitrogen and oxygen atoms in total. The predicted octanol–water partition coefficient (Wildman–Crippen LogP) is -1.36. The van der Waals surface area contributed by atoms with Crippen LogP contribution in [0.5, 0.6) is 0 Å². The van der Waals surface area contributed by atoms with Crippen LogP contribution in [0.25, 0.3) is 0 Å². The second-order valence-corrected chi connectivity index (χ2v) is 3.07. The number of fused-ring (bicyclic) bond motifs is 1. The van der Waals surface area contributed by atoms with Gasteiger partial charge in [-0.2, -0.15) is 0 Å². The van der Waals surface area contributed by atoms with Crippen LogP contribution in [0.1, 0.15) is 0 Å². The Morgan fingerprint density at radius 2 is 2.27 bits per heavy atom. The average molecular weight is 210 g/mol. The molecule has 0 fully saturated rings. The van der Waals surface area contributed by atoms with Gasteiger partial charge in [0.05, 0.1) is 13.3 Å². The van der Waals surface area contributed by atoms with Gasteiger partial charge in [0.15, 0.2) is 0 Å². The van der Waals surface area contributed by atoms with Gasteiger partial charge in [-0.1, -0.05) is 0 Å². The van der Waals surface area contributed by atoms with Crippen molar-refractivity contribution in [3.05, 3.63) is 23.8 Å². The lowest BCUT2D eigenvalue weighted by molar-refractivity contribution is -0.138. The first kappa shape index (κ1) is 9.53. The molecule has 7 heteroatoms. The normalized spacial score (nSPS) is 19.2. The van der Waals surface area contributed by atoms with Gasteiger partial charge in [0.2, 0.25) is 0 Å². The number of rotatable bonds is 1. The molecule has 0 aromatic heterocycles. The maximum atomic E-state index is 11.5. The first-order valence-corrected chi connectivity index (χ1v) is 4.24. The molecule has 2 N–H and O–H groups in total. The Morgan fingerprint density at radius 1 is 1.53 bits per heavy atom. The second-order valence-electron chi connectivity index (χ2n) is 3.07. The summed E-state index contributed by atoms with van der Waals surface area (Å²) in [4.78, 5) is 22.7. The standard InChI is InChI=1S/C8H10N4O3/c1-11-4-6-9-5(8(14)15-2)3-7(13)12(6)10-11/h3-4,9-10H,1-2H3. The minimum atomic E-state index is -0.571. The number of carbonyl (C=O) groups is 2. The number of esters is 1. The van der Waals surface area contributed by atoms with Crippen LogP contribution >= 0.6 is 0 Å². The molecule has 15 heavy (non-hydrogen) atoms. The molecule has 0 aromatic carbocycles. The molecule has 0 aliphatic carbocycles. The van der Waals surface area contributed by atoms with Gasteiger partial charge < -0.3 is 10.1 Å². The van der Waals surface area contributed by atoms with Crippen LogP contribution < -0.4 is 10.9 Å². The van der Waals surface area contributed by atoms with E-state index in [0.29, 0.717) is 5.82 Å². The molecule has 80 valence electrons. The van der Waals surface area contributed by atoms with Gasteiger partial charge in [-0.05, 0) is 0 Å². The van der Waals surface area contributed by atoms with Crippen molar-refractivity contribution >= 4 is 11.9 Å². The molecule has 0 spiro atoms. The molecule has 0 radical (unpaired) electrons. The van der Waals surface area contributed by atoms with Crippen molar-refractivity contribution in [3.8, 4) is 0 Å². The number of hydrazine groups is 2. The van der Waals surface area contributed by atoms with E-state index in [4.69, 9.17) is 0 Å². The number of carbonyl (C=O) groups excluding carboxylic acids is 2. The Balaban J connectivity index is 2.26. The van der Waals surface area contributed by atoms with Crippen molar-refractivity contribution in [2.45, 2.75) is 0 Å². The molecule has 0 bridgehead atoms. The summed E-state index contributed by atoms with van der Waals surface area (Å²) in [6, 6.07) is 0. The summed E-state index contributed by atoms with van der Waals surface area (Å²) < 4.78 is 4.51. The lowest BCUT2D eigenvalue weighted by atomic mass is 10.3. The summed E-state index contributed by atoms with van der Waals surface area (Å²) in [6.07, 6.45) is 2.82. The molecule has 1 amide bonds. The first-order valence-electron chi connectivity index (χ1n) is 4.24. The zero-order valence-electron chi connectivity index (χ0n) is 8.27. The van der Waals surface area contributed by atoms with Crippen LogP contribution in [0.15, 0.2) is 23.8 Å². The number of nitrogens with one attached hydrogen (secondary N) is 2. The molecule has 0 saturated heterocycles. The quantitative estimate of drug-likeness (QED) is 0.521. The third-order valence-electron chi connectivity index (χ3n) is 1.97. The van der Waals surface area contributed by atoms with E-state index in [1.807, 2.05) is 0 Å². The Kier molecular flexibility index (Phi) is 2.09. The molecule has 0 saturated carbocycles. The molecule has 0 aromatic rings. The summed E-state index contributed by atoms with van der Waals surface area (Å²) in [6.45, 7) is 0. The van der Waals surface area contributed by atoms with E-state index < -0.39 is 5.97 Å². The summed E-state index contributed by atoms with van der Waals surface area (Å²) in [5.41, 5.74) is 2.88. The predicted molar refractivity (Wildman–Crippen MR) is 49.1 cm³/mol. The maximum absolute atomic E-state index is 11.5. The van der Waals surface area contributed by atoms with Gasteiger partial charge in [-0.15, -0.1) is 5.53 Å². The third kappa shape index (κ3) is 1.52. The van der Waals surface area contributed by atoms with Gasteiger partial charge in [0.1, 0.15) is 11.5 Å². The van der Waals surface area contributed by atoms with Crippen molar-refractivity contribution in [1.82, 2.24) is 20.9 Å². The lowest BCUT2D eigenvalue weighted by Crippen LogP contribution is -2.47. The minimum Gasteiger partial charge on any atom is -0.464 e. The Labute approximate surface area is 85.9 Å². The van der Waals surface area contributed by atoms with E-state index in [-0.39, 0.29) is 11.6 Å². The van der Waals surface area contributed by atoms with E-state index in [2.05, 4.69) is 15.6 Å². The molecule has 2 aliphatic heterocycles. The van der Waals surface area contributed by atoms with E-state index in [1.165, 1.54) is 18.2 Å². The van der Waals surface area contributed by atoms with Crippen molar-refractivity contribution in [2.24, 2.45) is 0 Å². The molecular formula is C8H10N4O3. The highest BCUT2D eigenvalue weighted by atomic mass is 16.5. The largest absolute Gasteiger partial charge is 0.464 e. The molecule has 0 atom stereocenters. The lowest BCUT2D eigenvalue weighted by Gasteiger charge is -2.24. The third-order valence-corrected chi connectivity index (χ3v) is 1.97.